The summed E-state index contributed by atoms with van der Waals surface area (Å²) in [5, 5.41) is 0. The standard InChI is InChI=1S/C12H20N2O2/c1-5-9-13(7-3)11(15)12(16)14(8-4)10-6-2/h5-6H,1-2,7-10H2,3-4H3. The Morgan fingerprint density at radius 3 is 1.44 bits per heavy atom. The fraction of sp³-hybridized carbons (Fsp3) is 0.500. The highest BCUT2D eigenvalue weighted by Gasteiger charge is 2.23. The van der Waals surface area contributed by atoms with Gasteiger partial charge in [-0.3, -0.25) is 9.59 Å². The molecule has 16 heavy (non-hydrogen) atoms. The number of amides is 2. The van der Waals surface area contributed by atoms with Gasteiger partial charge in [-0.25, -0.2) is 0 Å². The Morgan fingerprint density at radius 1 is 0.938 bits per heavy atom. The largest absolute Gasteiger partial charge is 0.331 e. The molecule has 2 amide bonds. The minimum Gasteiger partial charge on any atom is -0.331 e. The molecular formula is C12H20N2O2. The van der Waals surface area contributed by atoms with Crippen LogP contribution in [0.1, 0.15) is 13.8 Å². The summed E-state index contributed by atoms with van der Waals surface area (Å²) >= 11 is 0. The van der Waals surface area contributed by atoms with Gasteiger partial charge in [0, 0.05) is 26.2 Å². The molecule has 0 fully saturated rings. The van der Waals surface area contributed by atoms with Gasteiger partial charge >= 0.3 is 11.8 Å². The lowest BCUT2D eigenvalue weighted by Crippen LogP contribution is -2.45. The third-order valence-electron chi connectivity index (χ3n) is 2.22. The lowest BCUT2D eigenvalue weighted by Gasteiger charge is -2.23. The molecule has 0 N–H and O–H groups in total. The fourth-order valence-electron chi connectivity index (χ4n) is 1.29. The van der Waals surface area contributed by atoms with E-state index in [0.717, 1.165) is 0 Å². The first-order chi connectivity index (χ1) is 7.62. The first kappa shape index (κ1) is 14.4. The van der Waals surface area contributed by atoms with Gasteiger partial charge in [-0.05, 0) is 13.8 Å². The third-order valence-corrected chi connectivity index (χ3v) is 2.22. The summed E-state index contributed by atoms with van der Waals surface area (Å²) in [6, 6.07) is 0. The van der Waals surface area contributed by atoms with Crippen LogP contribution in [0.5, 0.6) is 0 Å². The zero-order valence-corrected chi connectivity index (χ0v) is 10.1. The average Bonchev–Trinajstić information content (AvgIpc) is 2.31. The minimum absolute atomic E-state index is 0.396. The van der Waals surface area contributed by atoms with E-state index < -0.39 is 11.8 Å². The molecule has 90 valence electrons. The van der Waals surface area contributed by atoms with Gasteiger partial charge in [0.2, 0.25) is 0 Å². The van der Waals surface area contributed by atoms with Crippen molar-refractivity contribution in [3.63, 3.8) is 0 Å². The fourth-order valence-corrected chi connectivity index (χ4v) is 1.29. The normalized spacial score (nSPS) is 9.38. The summed E-state index contributed by atoms with van der Waals surface area (Å²) < 4.78 is 0. The molecule has 0 aliphatic rings. The zero-order valence-electron chi connectivity index (χ0n) is 10.1. The Morgan fingerprint density at radius 2 is 1.25 bits per heavy atom. The summed E-state index contributed by atoms with van der Waals surface area (Å²) in [6.45, 7) is 12.6. The van der Waals surface area contributed by atoms with Crippen molar-refractivity contribution in [1.82, 2.24) is 9.80 Å². The molecular weight excluding hydrogens is 204 g/mol. The molecule has 0 bridgehead atoms. The Bertz CT molecular complexity index is 246. The van der Waals surface area contributed by atoms with Crippen LogP contribution in [-0.4, -0.2) is 47.8 Å². The summed E-state index contributed by atoms with van der Waals surface area (Å²) in [4.78, 5) is 26.5. The highest BCUT2D eigenvalue weighted by molar-refractivity contribution is 6.34. The van der Waals surface area contributed by atoms with Crippen LogP contribution in [0.15, 0.2) is 25.3 Å². The van der Waals surface area contributed by atoms with Gasteiger partial charge in [0.05, 0.1) is 0 Å². The molecule has 0 atom stereocenters. The van der Waals surface area contributed by atoms with Crippen LogP contribution in [-0.2, 0) is 9.59 Å². The monoisotopic (exact) mass is 224 g/mol. The lowest BCUT2D eigenvalue weighted by molar-refractivity contribution is -0.151. The number of hydrogen-bond acceptors (Lipinski definition) is 2. The summed E-state index contributed by atoms with van der Waals surface area (Å²) in [5.41, 5.74) is 0. The van der Waals surface area contributed by atoms with Crippen molar-refractivity contribution in [3.05, 3.63) is 25.3 Å². The molecule has 0 rings (SSSR count). The van der Waals surface area contributed by atoms with E-state index in [1.807, 2.05) is 13.8 Å². The maximum absolute atomic E-state index is 11.8. The van der Waals surface area contributed by atoms with E-state index in [1.54, 1.807) is 12.2 Å². The van der Waals surface area contributed by atoms with E-state index >= 15 is 0 Å². The van der Waals surface area contributed by atoms with Crippen molar-refractivity contribution in [3.8, 4) is 0 Å². The van der Waals surface area contributed by atoms with Crippen LogP contribution in [0, 0.1) is 0 Å². The molecule has 0 spiro atoms. The second-order valence-corrected chi connectivity index (χ2v) is 3.26. The number of nitrogens with zero attached hydrogens (tertiary/aromatic N) is 2. The Labute approximate surface area is 97.2 Å². The van der Waals surface area contributed by atoms with E-state index in [9.17, 15) is 9.59 Å². The van der Waals surface area contributed by atoms with Crippen LogP contribution < -0.4 is 0 Å². The lowest BCUT2D eigenvalue weighted by atomic mass is 10.3. The molecule has 0 radical (unpaired) electrons. The maximum Gasteiger partial charge on any atom is 0.312 e. The van der Waals surface area contributed by atoms with E-state index in [1.165, 1.54) is 9.80 Å². The molecule has 0 saturated heterocycles. The average molecular weight is 224 g/mol. The number of carbonyl (C=O) groups excluding carboxylic acids is 2. The number of likely N-dealkylation sites (N-methyl/N-ethyl adjacent to an activating group) is 2. The Hall–Kier alpha value is -1.58. The van der Waals surface area contributed by atoms with Crippen molar-refractivity contribution in [2.45, 2.75) is 13.8 Å². The van der Waals surface area contributed by atoms with Gasteiger partial charge in [-0.1, -0.05) is 12.2 Å². The van der Waals surface area contributed by atoms with Crippen molar-refractivity contribution >= 4 is 11.8 Å². The number of rotatable bonds is 6. The van der Waals surface area contributed by atoms with Crippen LogP contribution in [0.4, 0.5) is 0 Å². The topological polar surface area (TPSA) is 40.6 Å². The summed E-state index contributed by atoms with van der Waals surface area (Å²) in [6.07, 6.45) is 3.22. The molecule has 0 aliphatic carbocycles. The van der Waals surface area contributed by atoms with Crippen LogP contribution in [0.2, 0.25) is 0 Å². The quantitative estimate of drug-likeness (QED) is 0.500. The van der Waals surface area contributed by atoms with E-state index in [4.69, 9.17) is 0 Å². The SMILES string of the molecule is C=CCN(CC)C(=O)C(=O)N(CC)CC=C. The smallest absolute Gasteiger partial charge is 0.312 e. The van der Waals surface area contributed by atoms with Crippen LogP contribution >= 0.6 is 0 Å². The first-order valence-corrected chi connectivity index (χ1v) is 5.42. The molecule has 0 aromatic rings. The molecule has 0 heterocycles. The number of hydrogen-bond donors (Lipinski definition) is 0. The predicted molar refractivity (Wildman–Crippen MR) is 64.9 cm³/mol. The minimum atomic E-state index is -0.480. The number of carbonyl (C=O) groups is 2. The van der Waals surface area contributed by atoms with Crippen molar-refractivity contribution in [1.29, 1.82) is 0 Å². The van der Waals surface area contributed by atoms with Crippen molar-refractivity contribution < 1.29 is 9.59 Å². The highest BCUT2D eigenvalue weighted by atomic mass is 16.2. The second kappa shape index (κ2) is 7.68. The maximum atomic E-state index is 11.8. The molecule has 0 aromatic heterocycles. The molecule has 0 unspecified atom stereocenters. The first-order valence-electron chi connectivity index (χ1n) is 5.42. The van der Waals surface area contributed by atoms with E-state index in [0.29, 0.717) is 26.2 Å². The van der Waals surface area contributed by atoms with Gasteiger partial charge < -0.3 is 9.80 Å². The van der Waals surface area contributed by atoms with Crippen molar-refractivity contribution in [2.24, 2.45) is 0 Å². The van der Waals surface area contributed by atoms with Gasteiger partial charge in [0.15, 0.2) is 0 Å². The van der Waals surface area contributed by atoms with E-state index in [-0.39, 0.29) is 0 Å². The summed E-state index contributed by atoms with van der Waals surface area (Å²) in [7, 11) is 0. The Kier molecular flexibility index (Phi) is 6.92. The predicted octanol–water partition coefficient (Wildman–Crippen LogP) is 1.06. The third kappa shape index (κ3) is 3.88. The highest BCUT2D eigenvalue weighted by Crippen LogP contribution is 1.97. The molecule has 0 saturated carbocycles. The second-order valence-electron chi connectivity index (χ2n) is 3.26. The van der Waals surface area contributed by atoms with Crippen molar-refractivity contribution in [2.75, 3.05) is 26.2 Å². The molecule has 4 nitrogen and oxygen atoms in total. The molecule has 4 heteroatoms. The van der Waals surface area contributed by atoms with E-state index in [2.05, 4.69) is 13.2 Å². The zero-order chi connectivity index (χ0) is 12.6. The Balaban J connectivity index is 4.60. The van der Waals surface area contributed by atoms with Gasteiger partial charge in [0.1, 0.15) is 0 Å². The molecule has 0 aromatic carbocycles. The van der Waals surface area contributed by atoms with Gasteiger partial charge in [0.25, 0.3) is 0 Å². The van der Waals surface area contributed by atoms with Gasteiger partial charge in [-0.2, -0.15) is 0 Å². The van der Waals surface area contributed by atoms with Gasteiger partial charge in [-0.15, -0.1) is 13.2 Å². The molecule has 0 aliphatic heterocycles. The summed E-state index contributed by atoms with van der Waals surface area (Å²) in [5.74, 6) is -0.961. The van der Waals surface area contributed by atoms with Crippen LogP contribution in [0.3, 0.4) is 0 Å². The van der Waals surface area contributed by atoms with Crippen LogP contribution in [0.25, 0.3) is 0 Å².